The number of anilines is 2. The van der Waals surface area contributed by atoms with Gasteiger partial charge in [-0.25, -0.2) is 4.68 Å². The average molecular weight is 289 g/mol. The van der Waals surface area contributed by atoms with Crippen molar-refractivity contribution in [1.29, 1.82) is 0 Å². The van der Waals surface area contributed by atoms with Crippen LogP contribution in [0.15, 0.2) is 30.5 Å². The SMILES string of the molecule is COc1cccc(NC(=O)Cn2cc(NC(C)=O)nn2)c1. The molecule has 8 heteroatoms. The average Bonchev–Trinajstić information content (AvgIpc) is 2.85. The van der Waals surface area contributed by atoms with Gasteiger partial charge in [0.2, 0.25) is 11.8 Å². The fourth-order valence-corrected chi connectivity index (χ4v) is 1.66. The van der Waals surface area contributed by atoms with E-state index in [0.717, 1.165) is 0 Å². The number of rotatable bonds is 5. The summed E-state index contributed by atoms with van der Waals surface area (Å²) in [6.07, 6.45) is 1.48. The number of aromatic nitrogens is 3. The van der Waals surface area contributed by atoms with E-state index in [2.05, 4.69) is 20.9 Å². The van der Waals surface area contributed by atoms with Crippen LogP contribution in [0.3, 0.4) is 0 Å². The zero-order valence-corrected chi connectivity index (χ0v) is 11.7. The molecule has 1 aromatic heterocycles. The zero-order chi connectivity index (χ0) is 15.2. The van der Waals surface area contributed by atoms with Gasteiger partial charge in [-0.2, -0.15) is 0 Å². The van der Waals surface area contributed by atoms with Crippen molar-refractivity contribution in [3.63, 3.8) is 0 Å². The highest BCUT2D eigenvalue weighted by molar-refractivity contribution is 5.91. The zero-order valence-electron chi connectivity index (χ0n) is 11.7. The fraction of sp³-hybridized carbons (Fsp3) is 0.231. The Morgan fingerprint density at radius 2 is 2.14 bits per heavy atom. The summed E-state index contributed by atoms with van der Waals surface area (Å²) in [6.45, 7) is 1.36. The molecular formula is C13H15N5O3. The van der Waals surface area contributed by atoms with E-state index in [0.29, 0.717) is 17.3 Å². The summed E-state index contributed by atoms with van der Waals surface area (Å²) in [5, 5.41) is 12.7. The molecule has 0 unspecified atom stereocenters. The minimum Gasteiger partial charge on any atom is -0.497 e. The van der Waals surface area contributed by atoms with E-state index < -0.39 is 0 Å². The second-order valence-electron chi connectivity index (χ2n) is 4.26. The number of carbonyl (C=O) groups is 2. The third-order valence-electron chi connectivity index (χ3n) is 2.50. The lowest BCUT2D eigenvalue weighted by Gasteiger charge is -2.06. The van der Waals surface area contributed by atoms with Crippen LogP contribution in [0, 0.1) is 0 Å². The molecule has 0 saturated heterocycles. The Morgan fingerprint density at radius 3 is 2.86 bits per heavy atom. The van der Waals surface area contributed by atoms with Gasteiger partial charge in [-0.1, -0.05) is 11.3 Å². The van der Waals surface area contributed by atoms with Gasteiger partial charge in [0.1, 0.15) is 12.3 Å². The van der Waals surface area contributed by atoms with Gasteiger partial charge in [-0.05, 0) is 12.1 Å². The molecule has 2 N–H and O–H groups in total. The molecule has 110 valence electrons. The number of nitrogens with zero attached hydrogens (tertiary/aromatic N) is 3. The molecule has 0 saturated carbocycles. The lowest BCUT2D eigenvalue weighted by molar-refractivity contribution is -0.117. The second-order valence-corrected chi connectivity index (χ2v) is 4.26. The van der Waals surface area contributed by atoms with Crippen LogP contribution in [0.1, 0.15) is 6.92 Å². The third-order valence-corrected chi connectivity index (χ3v) is 2.50. The van der Waals surface area contributed by atoms with E-state index in [4.69, 9.17) is 4.74 Å². The molecule has 0 fully saturated rings. The Labute approximate surface area is 121 Å². The fourth-order valence-electron chi connectivity index (χ4n) is 1.66. The van der Waals surface area contributed by atoms with Crippen LogP contribution in [0.25, 0.3) is 0 Å². The van der Waals surface area contributed by atoms with Crippen molar-refractivity contribution in [1.82, 2.24) is 15.0 Å². The third kappa shape index (κ3) is 4.30. The Bertz CT molecular complexity index is 653. The molecule has 0 atom stereocenters. The molecule has 8 nitrogen and oxygen atoms in total. The minimum atomic E-state index is -0.262. The summed E-state index contributed by atoms with van der Waals surface area (Å²) in [4.78, 5) is 22.8. The number of methoxy groups -OCH3 is 1. The normalized spacial score (nSPS) is 10.0. The molecule has 0 aliphatic heterocycles. The van der Waals surface area contributed by atoms with Crippen molar-refractivity contribution < 1.29 is 14.3 Å². The maximum atomic E-state index is 11.9. The first-order valence-corrected chi connectivity index (χ1v) is 6.18. The van der Waals surface area contributed by atoms with Gasteiger partial charge < -0.3 is 15.4 Å². The lowest BCUT2D eigenvalue weighted by Crippen LogP contribution is -2.19. The van der Waals surface area contributed by atoms with Crippen molar-refractivity contribution in [2.75, 3.05) is 17.7 Å². The molecule has 1 aromatic carbocycles. The standard InChI is InChI=1S/C13H15N5O3/c1-9(19)14-12-7-18(17-16-12)8-13(20)15-10-4-3-5-11(6-10)21-2/h3-7H,8H2,1-2H3,(H,14,19)(H,15,20). The Hall–Kier alpha value is -2.90. The van der Waals surface area contributed by atoms with Gasteiger partial charge in [0.15, 0.2) is 5.82 Å². The van der Waals surface area contributed by atoms with E-state index in [-0.39, 0.29) is 18.4 Å². The maximum Gasteiger partial charge on any atom is 0.246 e. The number of ether oxygens (including phenoxy) is 1. The quantitative estimate of drug-likeness (QED) is 0.851. The highest BCUT2D eigenvalue weighted by Crippen LogP contribution is 2.16. The van der Waals surface area contributed by atoms with E-state index >= 15 is 0 Å². The number of carbonyl (C=O) groups excluding carboxylic acids is 2. The van der Waals surface area contributed by atoms with Crippen LogP contribution in [0.4, 0.5) is 11.5 Å². The highest BCUT2D eigenvalue weighted by atomic mass is 16.5. The van der Waals surface area contributed by atoms with Crippen molar-refractivity contribution in [2.45, 2.75) is 13.5 Å². The number of amides is 2. The molecule has 0 radical (unpaired) electrons. The lowest BCUT2D eigenvalue weighted by atomic mass is 10.3. The predicted molar refractivity (Wildman–Crippen MR) is 75.9 cm³/mol. The first-order chi connectivity index (χ1) is 10.1. The molecule has 1 heterocycles. The number of benzene rings is 1. The van der Waals surface area contributed by atoms with Crippen LogP contribution in [0.2, 0.25) is 0 Å². The highest BCUT2D eigenvalue weighted by Gasteiger charge is 2.07. The molecule has 0 aliphatic rings. The number of nitrogens with one attached hydrogen (secondary N) is 2. The first-order valence-electron chi connectivity index (χ1n) is 6.18. The van der Waals surface area contributed by atoms with Gasteiger partial charge >= 0.3 is 0 Å². The summed E-state index contributed by atoms with van der Waals surface area (Å²) in [5.41, 5.74) is 0.626. The molecule has 21 heavy (non-hydrogen) atoms. The molecule has 2 amide bonds. The summed E-state index contributed by atoms with van der Waals surface area (Å²) >= 11 is 0. The number of hydrogen-bond donors (Lipinski definition) is 2. The van der Waals surface area contributed by atoms with Crippen molar-refractivity contribution in [3.05, 3.63) is 30.5 Å². The summed E-state index contributed by atoms with van der Waals surface area (Å²) < 4.78 is 6.41. The molecule has 0 bridgehead atoms. The second kappa shape index (κ2) is 6.51. The van der Waals surface area contributed by atoms with E-state index in [9.17, 15) is 9.59 Å². The van der Waals surface area contributed by atoms with Gasteiger partial charge in [0.05, 0.1) is 13.3 Å². The van der Waals surface area contributed by atoms with Gasteiger partial charge in [0, 0.05) is 18.7 Å². The molecule has 2 rings (SSSR count). The summed E-state index contributed by atoms with van der Waals surface area (Å²) in [7, 11) is 1.56. The van der Waals surface area contributed by atoms with Crippen LogP contribution in [-0.2, 0) is 16.1 Å². The van der Waals surface area contributed by atoms with Crippen LogP contribution >= 0.6 is 0 Å². The van der Waals surface area contributed by atoms with Crippen molar-refractivity contribution in [3.8, 4) is 5.75 Å². The van der Waals surface area contributed by atoms with Gasteiger partial charge in [0.25, 0.3) is 0 Å². The number of hydrogen-bond acceptors (Lipinski definition) is 5. The molecule has 0 aliphatic carbocycles. The molecule has 2 aromatic rings. The minimum absolute atomic E-state index is 0.0101. The Morgan fingerprint density at radius 1 is 1.33 bits per heavy atom. The van der Waals surface area contributed by atoms with E-state index in [1.54, 1.807) is 31.4 Å². The Kier molecular flexibility index (Phi) is 4.50. The topological polar surface area (TPSA) is 98.1 Å². The van der Waals surface area contributed by atoms with Crippen LogP contribution in [-0.4, -0.2) is 33.9 Å². The van der Waals surface area contributed by atoms with Gasteiger partial charge in [-0.3, -0.25) is 9.59 Å². The first kappa shape index (κ1) is 14.5. The summed E-state index contributed by atoms with van der Waals surface area (Å²) in [6, 6.07) is 7.03. The van der Waals surface area contributed by atoms with Crippen molar-refractivity contribution in [2.24, 2.45) is 0 Å². The molecular weight excluding hydrogens is 274 g/mol. The van der Waals surface area contributed by atoms with Gasteiger partial charge in [-0.15, -0.1) is 5.10 Å². The maximum absolute atomic E-state index is 11.9. The predicted octanol–water partition coefficient (Wildman–Crippen LogP) is 0.884. The van der Waals surface area contributed by atoms with E-state index in [1.165, 1.54) is 17.8 Å². The smallest absolute Gasteiger partial charge is 0.246 e. The van der Waals surface area contributed by atoms with Crippen LogP contribution < -0.4 is 15.4 Å². The van der Waals surface area contributed by atoms with Crippen molar-refractivity contribution >= 4 is 23.3 Å². The Balaban J connectivity index is 1.94. The molecule has 0 spiro atoms. The largest absolute Gasteiger partial charge is 0.497 e. The monoisotopic (exact) mass is 289 g/mol. The summed E-state index contributed by atoms with van der Waals surface area (Å²) in [5.74, 6) is 0.448. The van der Waals surface area contributed by atoms with Crippen LogP contribution in [0.5, 0.6) is 5.75 Å². The van der Waals surface area contributed by atoms with E-state index in [1.807, 2.05) is 0 Å².